The average molecular weight is 287 g/mol. The van der Waals surface area contributed by atoms with Crippen molar-refractivity contribution in [3.8, 4) is 0 Å². The fourth-order valence-electron chi connectivity index (χ4n) is 2.67. The molecule has 1 N–H and O–H groups in total. The van der Waals surface area contributed by atoms with Gasteiger partial charge in [-0.3, -0.25) is 10.1 Å². The lowest BCUT2D eigenvalue weighted by molar-refractivity contribution is -0.151. The lowest BCUT2D eigenvalue weighted by Crippen LogP contribution is -2.54. The molecule has 1 aliphatic rings. The second-order valence-corrected chi connectivity index (χ2v) is 7.53. The average Bonchev–Trinajstić information content (AvgIpc) is 2.70. The summed E-state index contributed by atoms with van der Waals surface area (Å²) in [4.78, 5) is 12.3. The highest BCUT2D eigenvalue weighted by atomic mass is 32.2. The predicted octanol–water partition coefficient (Wildman–Crippen LogP) is 3.23. The fraction of sp³-hybridized carbons (Fsp3) is 0.933. The molecule has 2 unspecified atom stereocenters. The van der Waals surface area contributed by atoms with E-state index in [1.54, 1.807) is 0 Å². The number of rotatable bonds is 7. The molecule has 112 valence electrons. The zero-order valence-corrected chi connectivity index (χ0v) is 13.8. The first kappa shape index (κ1) is 16.8. The SMILES string of the molecule is CCOC(=O)C1(NC(C)C)CCC(SCC(C)C)C1. The molecule has 0 saturated heterocycles. The van der Waals surface area contributed by atoms with E-state index in [1.807, 2.05) is 18.7 Å². The van der Waals surface area contributed by atoms with Crippen LogP contribution in [0.2, 0.25) is 0 Å². The number of thioether (sulfide) groups is 1. The van der Waals surface area contributed by atoms with Crippen LogP contribution >= 0.6 is 11.8 Å². The maximum absolute atomic E-state index is 12.3. The molecule has 0 aromatic heterocycles. The highest BCUT2D eigenvalue weighted by Gasteiger charge is 2.46. The van der Waals surface area contributed by atoms with Crippen LogP contribution in [-0.2, 0) is 9.53 Å². The summed E-state index contributed by atoms with van der Waals surface area (Å²) < 4.78 is 5.29. The van der Waals surface area contributed by atoms with Gasteiger partial charge in [0.05, 0.1) is 6.61 Å². The molecule has 0 heterocycles. The van der Waals surface area contributed by atoms with Gasteiger partial charge in [-0.25, -0.2) is 0 Å². The van der Waals surface area contributed by atoms with Crippen LogP contribution in [-0.4, -0.2) is 35.2 Å². The maximum Gasteiger partial charge on any atom is 0.326 e. The van der Waals surface area contributed by atoms with E-state index >= 15 is 0 Å². The summed E-state index contributed by atoms with van der Waals surface area (Å²) in [6.07, 6.45) is 2.91. The Morgan fingerprint density at radius 3 is 2.63 bits per heavy atom. The first-order chi connectivity index (χ1) is 8.89. The first-order valence-electron chi connectivity index (χ1n) is 7.46. The summed E-state index contributed by atoms with van der Waals surface area (Å²) in [5, 5.41) is 4.05. The van der Waals surface area contributed by atoms with E-state index in [-0.39, 0.29) is 5.97 Å². The third kappa shape index (κ3) is 4.99. The van der Waals surface area contributed by atoms with Crippen molar-refractivity contribution >= 4 is 17.7 Å². The lowest BCUT2D eigenvalue weighted by atomic mass is 9.96. The van der Waals surface area contributed by atoms with Crippen molar-refractivity contribution in [2.45, 2.75) is 70.7 Å². The van der Waals surface area contributed by atoms with Crippen molar-refractivity contribution in [1.82, 2.24) is 5.32 Å². The largest absolute Gasteiger partial charge is 0.465 e. The zero-order chi connectivity index (χ0) is 14.5. The highest BCUT2D eigenvalue weighted by molar-refractivity contribution is 7.99. The Kier molecular flexibility index (Phi) is 6.67. The molecule has 3 nitrogen and oxygen atoms in total. The third-order valence-corrected chi connectivity index (χ3v) is 5.10. The molecule has 1 saturated carbocycles. The Hall–Kier alpha value is -0.220. The van der Waals surface area contributed by atoms with Gasteiger partial charge >= 0.3 is 5.97 Å². The predicted molar refractivity (Wildman–Crippen MR) is 82.6 cm³/mol. The number of ether oxygens (including phenoxy) is 1. The van der Waals surface area contributed by atoms with Crippen molar-refractivity contribution in [2.24, 2.45) is 5.92 Å². The summed E-state index contributed by atoms with van der Waals surface area (Å²) in [5.74, 6) is 1.82. The second-order valence-electron chi connectivity index (χ2n) is 6.19. The Balaban J connectivity index is 2.64. The second kappa shape index (κ2) is 7.53. The summed E-state index contributed by atoms with van der Waals surface area (Å²) >= 11 is 2.01. The number of nitrogens with one attached hydrogen (secondary N) is 1. The molecule has 1 rings (SSSR count). The van der Waals surface area contributed by atoms with E-state index in [0.717, 1.165) is 19.3 Å². The van der Waals surface area contributed by atoms with Crippen LogP contribution in [0.4, 0.5) is 0 Å². The van der Waals surface area contributed by atoms with Crippen molar-refractivity contribution in [1.29, 1.82) is 0 Å². The van der Waals surface area contributed by atoms with Gasteiger partial charge in [-0.2, -0.15) is 11.8 Å². The normalized spacial score (nSPS) is 27.2. The minimum absolute atomic E-state index is 0.0589. The Bertz CT molecular complexity index is 294. The number of esters is 1. The van der Waals surface area contributed by atoms with E-state index in [9.17, 15) is 4.79 Å². The summed E-state index contributed by atoms with van der Waals surface area (Å²) in [7, 11) is 0. The molecule has 4 heteroatoms. The van der Waals surface area contributed by atoms with Crippen LogP contribution in [0, 0.1) is 5.92 Å². The van der Waals surface area contributed by atoms with Crippen LogP contribution in [0.25, 0.3) is 0 Å². The zero-order valence-electron chi connectivity index (χ0n) is 13.0. The molecule has 0 aliphatic heterocycles. The minimum Gasteiger partial charge on any atom is -0.465 e. The van der Waals surface area contributed by atoms with Gasteiger partial charge in [-0.05, 0) is 51.7 Å². The van der Waals surface area contributed by atoms with Crippen molar-refractivity contribution in [3.05, 3.63) is 0 Å². The lowest BCUT2D eigenvalue weighted by Gasteiger charge is -2.30. The number of carbonyl (C=O) groups is 1. The molecule has 0 aromatic rings. The van der Waals surface area contributed by atoms with Crippen molar-refractivity contribution in [3.63, 3.8) is 0 Å². The maximum atomic E-state index is 12.3. The fourth-order valence-corrected chi connectivity index (χ4v) is 4.01. The molecule has 1 aliphatic carbocycles. The molecule has 0 amide bonds. The van der Waals surface area contributed by atoms with Crippen LogP contribution in [0.3, 0.4) is 0 Å². The topological polar surface area (TPSA) is 38.3 Å². The molecule has 0 spiro atoms. The monoisotopic (exact) mass is 287 g/mol. The highest BCUT2D eigenvalue weighted by Crippen LogP contribution is 2.39. The smallest absolute Gasteiger partial charge is 0.326 e. The molecule has 0 radical (unpaired) electrons. The van der Waals surface area contributed by atoms with Crippen LogP contribution in [0.1, 0.15) is 53.9 Å². The van der Waals surface area contributed by atoms with E-state index in [0.29, 0.717) is 23.8 Å². The third-order valence-electron chi connectivity index (χ3n) is 3.37. The van der Waals surface area contributed by atoms with Gasteiger partial charge in [0.1, 0.15) is 5.54 Å². The van der Waals surface area contributed by atoms with Gasteiger partial charge in [0, 0.05) is 11.3 Å². The minimum atomic E-state index is -0.446. The molecule has 0 bridgehead atoms. The van der Waals surface area contributed by atoms with Crippen LogP contribution in [0.15, 0.2) is 0 Å². The molecular weight excluding hydrogens is 258 g/mol. The first-order valence-corrected chi connectivity index (χ1v) is 8.51. The molecule has 1 fully saturated rings. The summed E-state index contributed by atoms with van der Waals surface area (Å²) in [5.41, 5.74) is -0.446. The number of hydrogen-bond donors (Lipinski definition) is 1. The van der Waals surface area contributed by atoms with Crippen molar-refractivity contribution < 1.29 is 9.53 Å². The molecule has 0 aromatic carbocycles. The van der Waals surface area contributed by atoms with Gasteiger partial charge in [0.15, 0.2) is 0 Å². The summed E-state index contributed by atoms with van der Waals surface area (Å²) in [6, 6.07) is 0.304. The van der Waals surface area contributed by atoms with Gasteiger partial charge < -0.3 is 4.74 Å². The molecule has 19 heavy (non-hydrogen) atoms. The quantitative estimate of drug-likeness (QED) is 0.730. The van der Waals surface area contributed by atoms with Gasteiger partial charge in [-0.1, -0.05) is 13.8 Å². The number of hydrogen-bond acceptors (Lipinski definition) is 4. The van der Waals surface area contributed by atoms with E-state index < -0.39 is 5.54 Å². The standard InChI is InChI=1S/C15H29NO2S/c1-6-18-14(17)15(16-12(4)5)8-7-13(9-15)19-10-11(2)3/h11-13,16H,6-10H2,1-5H3. The van der Waals surface area contributed by atoms with E-state index in [1.165, 1.54) is 5.75 Å². The molecular formula is C15H29NO2S. The van der Waals surface area contributed by atoms with Crippen molar-refractivity contribution in [2.75, 3.05) is 12.4 Å². The van der Waals surface area contributed by atoms with Gasteiger partial charge in [-0.15, -0.1) is 0 Å². The Morgan fingerprint density at radius 2 is 2.11 bits per heavy atom. The summed E-state index contributed by atoms with van der Waals surface area (Å²) in [6.45, 7) is 11.0. The van der Waals surface area contributed by atoms with Crippen LogP contribution < -0.4 is 5.32 Å². The van der Waals surface area contributed by atoms with E-state index in [4.69, 9.17) is 4.74 Å². The van der Waals surface area contributed by atoms with Gasteiger partial charge in [0.25, 0.3) is 0 Å². The Morgan fingerprint density at radius 1 is 1.42 bits per heavy atom. The van der Waals surface area contributed by atoms with Crippen LogP contribution in [0.5, 0.6) is 0 Å². The van der Waals surface area contributed by atoms with Gasteiger partial charge in [0.2, 0.25) is 0 Å². The number of carbonyl (C=O) groups excluding carboxylic acids is 1. The molecule has 2 atom stereocenters. The Labute approximate surface area is 122 Å². The van der Waals surface area contributed by atoms with E-state index in [2.05, 4.69) is 33.0 Å².